The van der Waals surface area contributed by atoms with Crippen molar-refractivity contribution in [1.29, 1.82) is 0 Å². The third-order valence-electron chi connectivity index (χ3n) is 6.18. The maximum Gasteiger partial charge on any atom is 0.192 e. The lowest BCUT2D eigenvalue weighted by molar-refractivity contribution is 0.105. The predicted molar refractivity (Wildman–Crippen MR) is 120 cm³/mol. The van der Waals surface area contributed by atoms with E-state index in [0.717, 1.165) is 31.4 Å². The van der Waals surface area contributed by atoms with Crippen LogP contribution in [0.4, 0.5) is 0 Å². The van der Waals surface area contributed by atoms with Crippen LogP contribution in [-0.4, -0.2) is 32.2 Å². The van der Waals surface area contributed by atoms with Gasteiger partial charge in [-0.05, 0) is 55.9 Å². The van der Waals surface area contributed by atoms with Gasteiger partial charge in [0.25, 0.3) is 0 Å². The molecule has 1 unspecified atom stereocenters. The van der Waals surface area contributed by atoms with Gasteiger partial charge in [-0.1, -0.05) is 56.7 Å². The molecule has 2 rings (SSSR count). The minimum absolute atomic E-state index is 0.0455. The van der Waals surface area contributed by atoms with E-state index in [-0.39, 0.29) is 23.2 Å². The van der Waals surface area contributed by atoms with Gasteiger partial charge in [0.1, 0.15) is 12.4 Å². The molecule has 0 aromatic heterocycles. The molecule has 0 fully saturated rings. The summed E-state index contributed by atoms with van der Waals surface area (Å²) in [7, 11) is -1.89. The molecule has 0 radical (unpaired) electrons. The van der Waals surface area contributed by atoms with Crippen molar-refractivity contribution in [3.63, 3.8) is 0 Å². The van der Waals surface area contributed by atoms with Gasteiger partial charge in [-0.25, -0.2) is 0 Å². The third kappa shape index (κ3) is 6.33. The van der Waals surface area contributed by atoms with Crippen molar-refractivity contribution in [3.8, 4) is 5.75 Å². The van der Waals surface area contributed by atoms with Crippen molar-refractivity contribution in [3.05, 3.63) is 54.6 Å². The standard InChI is InChI=1S/C24H38O3Si/c1-7-11-22-19(15-17-23(22)25)14-16-21(27-28(5,6)24(2,3)4)18-26-20-12-9-8-10-13-20/h7-10,12-13,15,21-23,25H,1,11,14,16-18H2,2-6H3/t21?,22-,23+/m1/s1. The van der Waals surface area contributed by atoms with Crippen molar-refractivity contribution >= 4 is 8.32 Å². The molecule has 0 bridgehead atoms. The molecule has 0 heterocycles. The Balaban J connectivity index is 2.04. The number of benzene rings is 1. The van der Waals surface area contributed by atoms with Gasteiger partial charge >= 0.3 is 0 Å². The molecule has 0 spiro atoms. The van der Waals surface area contributed by atoms with Crippen molar-refractivity contribution < 1.29 is 14.3 Å². The van der Waals surface area contributed by atoms with Gasteiger partial charge in [-0.3, -0.25) is 0 Å². The van der Waals surface area contributed by atoms with E-state index >= 15 is 0 Å². The summed E-state index contributed by atoms with van der Waals surface area (Å²) in [6.45, 7) is 15.8. The molecular weight excluding hydrogens is 364 g/mol. The van der Waals surface area contributed by atoms with Crippen LogP contribution in [0.5, 0.6) is 5.75 Å². The van der Waals surface area contributed by atoms with Gasteiger partial charge < -0.3 is 14.3 Å². The first-order chi connectivity index (χ1) is 13.1. The lowest BCUT2D eigenvalue weighted by atomic mass is 9.92. The average molecular weight is 403 g/mol. The van der Waals surface area contributed by atoms with Crippen LogP contribution >= 0.6 is 0 Å². The molecule has 1 aliphatic carbocycles. The van der Waals surface area contributed by atoms with Gasteiger partial charge in [-0.2, -0.15) is 0 Å². The summed E-state index contributed by atoms with van der Waals surface area (Å²) in [4.78, 5) is 0. The first-order valence-electron chi connectivity index (χ1n) is 10.5. The highest BCUT2D eigenvalue weighted by molar-refractivity contribution is 6.74. The Labute approximate surface area is 172 Å². The zero-order valence-electron chi connectivity index (χ0n) is 18.3. The van der Waals surface area contributed by atoms with Crippen molar-refractivity contribution in [2.75, 3.05) is 6.61 Å². The molecule has 3 nitrogen and oxygen atoms in total. The molecule has 1 aromatic rings. The third-order valence-corrected chi connectivity index (χ3v) is 10.7. The van der Waals surface area contributed by atoms with Gasteiger partial charge in [0.05, 0.1) is 12.2 Å². The van der Waals surface area contributed by atoms with Crippen LogP contribution in [-0.2, 0) is 4.43 Å². The molecule has 28 heavy (non-hydrogen) atoms. The zero-order chi connectivity index (χ0) is 20.8. The van der Waals surface area contributed by atoms with Crippen molar-refractivity contribution in [1.82, 2.24) is 0 Å². The van der Waals surface area contributed by atoms with Gasteiger partial charge in [0, 0.05) is 5.92 Å². The van der Waals surface area contributed by atoms with E-state index in [2.05, 4.69) is 46.5 Å². The number of hydrogen-bond acceptors (Lipinski definition) is 3. The van der Waals surface area contributed by atoms with E-state index in [1.807, 2.05) is 36.4 Å². The van der Waals surface area contributed by atoms with Crippen molar-refractivity contribution in [2.45, 2.75) is 76.8 Å². The van der Waals surface area contributed by atoms with E-state index in [1.54, 1.807) is 0 Å². The molecule has 156 valence electrons. The number of hydrogen-bond donors (Lipinski definition) is 1. The minimum atomic E-state index is -1.89. The van der Waals surface area contributed by atoms with E-state index in [4.69, 9.17) is 9.16 Å². The van der Waals surface area contributed by atoms with E-state index in [0.29, 0.717) is 6.61 Å². The fourth-order valence-electron chi connectivity index (χ4n) is 3.41. The summed E-state index contributed by atoms with van der Waals surface area (Å²) >= 11 is 0. The molecule has 0 aliphatic heterocycles. The van der Waals surface area contributed by atoms with Crippen molar-refractivity contribution in [2.24, 2.45) is 5.92 Å². The molecule has 0 amide bonds. The summed E-state index contributed by atoms with van der Waals surface area (Å²) in [5, 5.41) is 10.4. The van der Waals surface area contributed by atoms with Gasteiger partial charge in [0.15, 0.2) is 8.32 Å². The van der Waals surface area contributed by atoms with Gasteiger partial charge in [-0.15, -0.1) is 6.58 Å². The second kappa shape index (κ2) is 9.90. The van der Waals surface area contributed by atoms with Crippen LogP contribution < -0.4 is 4.74 Å². The predicted octanol–water partition coefficient (Wildman–Crippen LogP) is 6.12. The Morgan fingerprint density at radius 1 is 1.25 bits per heavy atom. The van der Waals surface area contributed by atoms with Crippen LogP contribution in [0.3, 0.4) is 0 Å². The second-order valence-corrected chi connectivity index (χ2v) is 14.1. The SMILES string of the molecule is C=CC[C@@H]1C(CCC(COc2ccccc2)O[Si](C)(C)C(C)(C)C)=CC[C@@H]1O. The summed E-state index contributed by atoms with van der Waals surface area (Å²) in [6, 6.07) is 9.94. The highest BCUT2D eigenvalue weighted by Crippen LogP contribution is 2.39. The average Bonchev–Trinajstić information content (AvgIpc) is 2.97. The summed E-state index contributed by atoms with van der Waals surface area (Å²) < 4.78 is 12.8. The molecule has 0 saturated carbocycles. The molecule has 4 heteroatoms. The molecule has 0 saturated heterocycles. The Morgan fingerprint density at radius 3 is 2.54 bits per heavy atom. The molecule has 3 atom stereocenters. The minimum Gasteiger partial charge on any atom is -0.491 e. The summed E-state index contributed by atoms with van der Waals surface area (Å²) in [5.74, 6) is 1.09. The van der Waals surface area contributed by atoms with Crippen LogP contribution in [0.1, 0.15) is 46.5 Å². The second-order valence-electron chi connectivity index (χ2n) is 9.38. The number of allylic oxidation sites excluding steroid dienone is 1. The fraction of sp³-hybridized carbons (Fsp3) is 0.583. The summed E-state index contributed by atoms with van der Waals surface area (Å²) in [6.07, 6.45) is 7.33. The number of ether oxygens (including phenoxy) is 1. The Kier molecular flexibility index (Phi) is 8.11. The quantitative estimate of drug-likeness (QED) is 0.378. The van der Waals surface area contributed by atoms with E-state index in [1.165, 1.54) is 5.57 Å². The largest absolute Gasteiger partial charge is 0.491 e. The Bertz CT molecular complexity index is 646. The normalized spacial score (nSPS) is 21.3. The van der Waals surface area contributed by atoms with Gasteiger partial charge in [0.2, 0.25) is 0 Å². The maximum absolute atomic E-state index is 10.3. The molecule has 1 N–H and O–H groups in total. The zero-order valence-corrected chi connectivity index (χ0v) is 19.3. The Hall–Kier alpha value is -1.36. The highest BCUT2D eigenvalue weighted by atomic mass is 28.4. The number of aliphatic hydroxyl groups is 1. The fourth-order valence-corrected chi connectivity index (χ4v) is 4.79. The molecule has 1 aliphatic rings. The molecular formula is C24H38O3Si. The topological polar surface area (TPSA) is 38.7 Å². The first-order valence-corrected chi connectivity index (χ1v) is 13.4. The summed E-state index contributed by atoms with van der Waals surface area (Å²) in [5.41, 5.74) is 1.34. The number of rotatable bonds is 10. The van der Waals surface area contributed by atoms with Crippen LogP contribution in [0.15, 0.2) is 54.6 Å². The van der Waals surface area contributed by atoms with Crippen LogP contribution in [0, 0.1) is 5.92 Å². The monoisotopic (exact) mass is 402 g/mol. The lowest BCUT2D eigenvalue weighted by Gasteiger charge is -2.39. The van der Waals surface area contributed by atoms with Crippen LogP contribution in [0.2, 0.25) is 18.1 Å². The van der Waals surface area contributed by atoms with E-state index < -0.39 is 8.32 Å². The first kappa shape index (κ1) is 22.9. The molecule has 1 aromatic carbocycles. The number of aliphatic hydroxyl groups excluding tert-OH is 1. The highest BCUT2D eigenvalue weighted by Gasteiger charge is 2.39. The van der Waals surface area contributed by atoms with E-state index in [9.17, 15) is 5.11 Å². The smallest absolute Gasteiger partial charge is 0.192 e. The Morgan fingerprint density at radius 2 is 1.93 bits per heavy atom. The maximum atomic E-state index is 10.3. The van der Waals surface area contributed by atoms with Crippen LogP contribution in [0.25, 0.3) is 0 Å². The number of para-hydroxylation sites is 1. The lowest BCUT2D eigenvalue weighted by Crippen LogP contribution is -2.45.